The summed E-state index contributed by atoms with van der Waals surface area (Å²) in [6.07, 6.45) is 1.58. The van der Waals surface area contributed by atoms with Gasteiger partial charge in [0, 0.05) is 24.7 Å². The van der Waals surface area contributed by atoms with Crippen molar-refractivity contribution in [1.29, 1.82) is 0 Å². The molecule has 4 nitrogen and oxygen atoms in total. The molecule has 0 saturated heterocycles. The lowest BCUT2D eigenvalue weighted by Gasteiger charge is -2.15. The van der Waals surface area contributed by atoms with E-state index in [1.54, 1.807) is 13.1 Å². The molecule has 4 heteroatoms. The predicted octanol–water partition coefficient (Wildman–Crippen LogP) is 1.05. The number of carbonyl (C=O) groups excluding carboxylic acids is 1. The van der Waals surface area contributed by atoms with Gasteiger partial charge in [0.05, 0.1) is 0 Å². The van der Waals surface area contributed by atoms with E-state index >= 15 is 0 Å². The Balaban J connectivity index is 4.77. The number of amides is 1. The molecule has 0 spiro atoms. The summed E-state index contributed by atoms with van der Waals surface area (Å²) in [5.74, 6) is -1.35. The highest BCUT2D eigenvalue weighted by molar-refractivity contribution is 6.01. The van der Waals surface area contributed by atoms with Crippen molar-refractivity contribution in [3.8, 4) is 0 Å². The summed E-state index contributed by atoms with van der Waals surface area (Å²) in [6.45, 7) is 6.82. The van der Waals surface area contributed by atoms with Gasteiger partial charge < -0.3 is 10.0 Å². The fraction of sp³-hybridized carbons (Fsp3) is 0.400. The smallest absolute Gasteiger partial charge is 0.331 e. The van der Waals surface area contributed by atoms with E-state index in [9.17, 15) is 9.59 Å². The summed E-state index contributed by atoms with van der Waals surface area (Å²) >= 11 is 0. The van der Waals surface area contributed by atoms with Gasteiger partial charge in [0.1, 0.15) is 0 Å². The largest absolute Gasteiger partial charge is 0.478 e. The summed E-state index contributed by atoms with van der Waals surface area (Å²) in [4.78, 5) is 23.5. The third-order valence-corrected chi connectivity index (χ3v) is 1.95. The first-order valence-electron chi connectivity index (χ1n) is 4.19. The van der Waals surface area contributed by atoms with Gasteiger partial charge >= 0.3 is 5.97 Å². The second kappa shape index (κ2) is 5.21. The minimum Gasteiger partial charge on any atom is -0.478 e. The average Bonchev–Trinajstić information content (AvgIpc) is 2.14. The number of carboxylic acids is 1. The summed E-state index contributed by atoms with van der Waals surface area (Å²) in [5.41, 5.74) is 0.327. The van der Waals surface area contributed by atoms with Crippen LogP contribution in [0.5, 0.6) is 0 Å². The highest BCUT2D eigenvalue weighted by Crippen LogP contribution is 2.06. The Bertz CT molecular complexity index is 292. The van der Waals surface area contributed by atoms with Gasteiger partial charge in [-0.3, -0.25) is 4.79 Å². The second-order valence-corrected chi connectivity index (χ2v) is 3.03. The maximum atomic E-state index is 11.5. The van der Waals surface area contributed by atoms with Crippen molar-refractivity contribution >= 4 is 11.9 Å². The van der Waals surface area contributed by atoms with Crippen LogP contribution in [0.4, 0.5) is 0 Å². The predicted molar refractivity (Wildman–Crippen MR) is 53.8 cm³/mol. The van der Waals surface area contributed by atoms with Crippen molar-refractivity contribution in [3.05, 3.63) is 23.8 Å². The molecular weight excluding hydrogens is 182 g/mol. The summed E-state index contributed by atoms with van der Waals surface area (Å²) in [5, 5.41) is 8.66. The molecule has 0 aromatic carbocycles. The summed E-state index contributed by atoms with van der Waals surface area (Å²) < 4.78 is 0. The van der Waals surface area contributed by atoms with Crippen LogP contribution in [0.2, 0.25) is 0 Å². The Morgan fingerprint density at radius 2 is 1.86 bits per heavy atom. The Morgan fingerprint density at radius 3 is 2.21 bits per heavy atom. The molecule has 0 aliphatic rings. The standard InChI is InChI=1S/C10H15NO3/c1-5-6-11(4)9(12)7(2)8(3)10(13)14/h5H,1,6H2,2-4H3,(H,13,14)/b8-7-. The van der Waals surface area contributed by atoms with Gasteiger partial charge in [-0.15, -0.1) is 6.58 Å². The summed E-state index contributed by atoms with van der Waals surface area (Å²) in [7, 11) is 1.60. The molecule has 0 aliphatic heterocycles. The van der Waals surface area contributed by atoms with Gasteiger partial charge in [0.15, 0.2) is 0 Å². The molecular formula is C10H15NO3. The molecule has 0 heterocycles. The summed E-state index contributed by atoms with van der Waals surface area (Å²) in [6, 6.07) is 0. The van der Waals surface area contributed by atoms with Crippen LogP contribution >= 0.6 is 0 Å². The number of aliphatic carboxylic acids is 1. The molecule has 0 radical (unpaired) electrons. The van der Waals surface area contributed by atoms with Crippen LogP contribution in [-0.4, -0.2) is 35.5 Å². The fourth-order valence-corrected chi connectivity index (χ4v) is 0.884. The van der Waals surface area contributed by atoms with Crippen LogP contribution in [-0.2, 0) is 9.59 Å². The van der Waals surface area contributed by atoms with E-state index in [-0.39, 0.29) is 17.1 Å². The molecule has 0 atom stereocenters. The molecule has 0 unspecified atom stereocenters. The Morgan fingerprint density at radius 1 is 1.36 bits per heavy atom. The van der Waals surface area contributed by atoms with Crippen molar-refractivity contribution in [1.82, 2.24) is 4.90 Å². The number of carboxylic acid groups (broad SMARTS) is 1. The average molecular weight is 197 g/mol. The van der Waals surface area contributed by atoms with Crippen LogP contribution in [0.3, 0.4) is 0 Å². The van der Waals surface area contributed by atoms with Crippen LogP contribution in [0.15, 0.2) is 23.8 Å². The number of likely N-dealkylation sites (N-methyl/N-ethyl adjacent to an activating group) is 1. The normalized spacial score (nSPS) is 11.6. The molecule has 0 aliphatic carbocycles. The fourth-order valence-electron chi connectivity index (χ4n) is 0.884. The lowest BCUT2D eigenvalue weighted by molar-refractivity contribution is -0.133. The lowest BCUT2D eigenvalue weighted by atomic mass is 10.1. The van der Waals surface area contributed by atoms with Gasteiger partial charge in [-0.05, 0) is 13.8 Å². The van der Waals surface area contributed by atoms with Gasteiger partial charge in [0.25, 0.3) is 0 Å². The maximum absolute atomic E-state index is 11.5. The van der Waals surface area contributed by atoms with E-state index in [0.717, 1.165) is 0 Å². The van der Waals surface area contributed by atoms with Crippen molar-refractivity contribution < 1.29 is 14.7 Å². The van der Waals surface area contributed by atoms with E-state index in [2.05, 4.69) is 6.58 Å². The molecule has 14 heavy (non-hydrogen) atoms. The maximum Gasteiger partial charge on any atom is 0.331 e. The first-order valence-corrected chi connectivity index (χ1v) is 4.19. The van der Waals surface area contributed by atoms with Crippen LogP contribution in [0.1, 0.15) is 13.8 Å². The minimum absolute atomic E-state index is 0.0749. The molecule has 0 aromatic heterocycles. The number of hydrogen-bond acceptors (Lipinski definition) is 2. The number of nitrogens with zero attached hydrogens (tertiary/aromatic N) is 1. The molecule has 0 fully saturated rings. The van der Waals surface area contributed by atoms with Crippen LogP contribution in [0.25, 0.3) is 0 Å². The van der Waals surface area contributed by atoms with Crippen LogP contribution in [0, 0.1) is 0 Å². The van der Waals surface area contributed by atoms with Crippen molar-refractivity contribution in [2.45, 2.75) is 13.8 Å². The van der Waals surface area contributed by atoms with Crippen molar-refractivity contribution in [3.63, 3.8) is 0 Å². The van der Waals surface area contributed by atoms with E-state index in [0.29, 0.717) is 6.54 Å². The van der Waals surface area contributed by atoms with E-state index in [4.69, 9.17) is 5.11 Å². The molecule has 1 N–H and O–H groups in total. The van der Waals surface area contributed by atoms with Crippen LogP contribution < -0.4 is 0 Å². The quantitative estimate of drug-likeness (QED) is 0.541. The van der Waals surface area contributed by atoms with Gasteiger partial charge in [-0.2, -0.15) is 0 Å². The zero-order valence-electron chi connectivity index (χ0n) is 8.70. The Hall–Kier alpha value is -1.58. The second-order valence-electron chi connectivity index (χ2n) is 3.03. The van der Waals surface area contributed by atoms with Gasteiger partial charge in [-0.1, -0.05) is 6.08 Å². The minimum atomic E-state index is -1.07. The molecule has 0 aromatic rings. The highest BCUT2D eigenvalue weighted by Gasteiger charge is 2.15. The third kappa shape index (κ3) is 3.05. The molecule has 1 amide bonds. The van der Waals surface area contributed by atoms with Gasteiger partial charge in [0.2, 0.25) is 5.91 Å². The topological polar surface area (TPSA) is 57.6 Å². The van der Waals surface area contributed by atoms with Crippen molar-refractivity contribution in [2.75, 3.05) is 13.6 Å². The van der Waals surface area contributed by atoms with E-state index in [1.807, 2.05) is 0 Å². The third-order valence-electron chi connectivity index (χ3n) is 1.95. The Labute approximate surface area is 83.5 Å². The first-order chi connectivity index (χ1) is 6.41. The number of hydrogen-bond donors (Lipinski definition) is 1. The molecule has 0 saturated carbocycles. The monoisotopic (exact) mass is 197 g/mol. The SMILES string of the molecule is C=CCN(C)C(=O)/C(C)=C(/C)C(=O)O. The zero-order valence-corrected chi connectivity index (χ0v) is 8.70. The number of rotatable bonds is 4. The Kier molecular flexibility index (Phi) is 4.63. The van der Waals surface area contributed by atoms with Gasteiger partial charge in [-0.25, -0.2) is 4.79 Å². The highest BCUT2D eigenvalue weighted by atomic mass is 16.4. The lowest BCUT2D eigenvalue weighted by Crippen LogP contribution is -2.28. The van der Waals surface area contributed by atoms with E-state index in [1.165, 1.54) is 18.7 Å². The first kappa shape index (κ1) is 12.4. The number of carbonyl (C=O) groups is 2. The molecule has 0 rings (SSSR count). The molecule has 0 bridgehead atoms. The van der Waals surface area contributed by atoms with Crippen molar-refractivity contribution in [2.24, 2.45) is 0 Å². The van der Waals surface area contributed by atoms with E-state index < -0.39 is 5.97 Å². The zero-order chi connectivity index (χ0) is 11.3. The molecule has 78 valence electrons.